The van der Waals surface area contributed by atoms with Gasteiger partial charge in [-0.05, 0) is 37.3 Å². The molecule has 0 aliphatic carbocycles. The molecule has 0 aliphatic heterocycles. The smallest absolute Gasteiger partial charge is 0.269 e. The first-order chi connectivity index (χ1) is 8.95. The SMILES string of the molecule is CCNC(C)C(Cc1cccc([N+](=O)[O-])c1)C(C)C. The molecule has 1 aromatic carbocycles. The van der Waals surface area contributed by atoms with E-state index in [9.17, 15) is 10.1 Å². The summed E-state index contributed by atoms with van der Waals surface area (Å²) in [5.74, 6) is 1.01. The predicted octanol–water partition coefficient (Wildman–Crippen LogP) is 3.41. The molecule has 0 bridgehead atoms. The van der Waals surface area contributed by atoms with E-state index in [0.717, 1.165) is 18.5 Å². The zero-order valence-corrected chi connectivity index (χ0v) is 12.2. The van der Waals surface area contributed by atoms with Crippen molar-refractivity contribution in [1.29, 1.82) is 0 Å². The van der Waals surface area contributed by atoms with Gasteiger partial charge in [-0.1, -0.05) is 32.9 Å². The van der Waals surface area contributed by atoms with Crippen LogP contribution in [-0.2, 0) is 6.42 Å². The lowest BCUT2D eigenvalue weighted by molar-refractivity contribution is -0.384. The first-order valence-corrected chi connectivity index (χ1v) is 6.92. The van der Waals surface area contributed by atoms with Crippen LogP contribution in [0.25, 0.3) is 0 Å². The van der Waals surface area contributed by atoms with Crippen molar-refractivity contribution in [1.82, 2.24) is 5.32 Å². The van der Waals surface area contributed by atoms with Gasteiger partial charge in [0.15, 0.2) is 0 Å². The molecule has 0 saturated carbocycles. The summed E-state index contributed by atoms with van der Waals surface area (Å²) in [5.41, 5.74) is 1.22. The lowest BCUT2D eigenvalue weighted by Gasteiger charge is -2.28. The van der Waals surface area contributed by atoms with Crippen molar-refractivity contribution in [2.24, 2.45) is 11.8 Å². The Morgan fingerprint density at radius 1 is 1.32 bits per heavy atom. The van der Waals surface area contributed by atoms with Gasteiger partial charge in [0.05, 0.1) is 4.92 Å². The van der Waals surface area contributed by atoms with Gasteiger partial charge in [0, 0.05) is 18.2 Å². The molecule has 4 nitrogen and oxygen atoms in total. The van der Waals surface area contributed by atoms with Gasteiger partial charge in [-0.3, -0.25) is 10.1 Å². The minimum Gasteiger partial charge on any atom is -0.314 e. The van der Waals surface area contributed by atoms with Crippen LogP contribution >= 0.6 is 0 Å². The van der Waals surface area contributed by atoms with Crippen LogP contribution in [0, 0.1) is 22.0 Å². The lowest BCUT2D eigenvalue weighted by Crippen LogP contribution is -2.37. The second-order valence-electron chi connectivity index (χ2n) is 5.39. The lowest BCUT2D eigenvalue weighted by atomic mass is 9.84. The first kappa shape index (κ1) is 15.6. The molecule has 4 heteroatoms. The molecule has 2 unspecified atom stereocenters. The van der Waals surface area contributed by atoms with Gasteiger partial charge in [-0.15, -0.1) is 0 Å². The molecule has 0 aromatic heterocycles. The average molecular weight is 264 g/mol. The standard InChI is InChI=1S/C15H24N2O2/c1-5-16-12(4)15(11(2)3)10-13-7-6-8-14(9-13)17(18)19/h6-9,11-12,15-16H,5,10H2,1-4H3. The largest absolute Gasteiger partial charge is 0.314 e. The third-order valence-corrected chi connectivity index (χ3v) is 3.62. The van der Waals surface area contributed by atoms with Crippen LogP contribution in [0.1, 0.15) is 33.3 Å². The number of nitrogens with zero attached hydrogens (tertiary/aromatic N) is 1. The maximum Gasteiger partial charge on any atom is 0.269 e. The van der Waals surface area contributed by atoms with Crippen molar-refractivity contribution in [3.63, 3.8) is 0 Å². The molecular formula is C15H24N2O2. The third-order valence-electron chi connectivity index (χ3n) is 3.62. The number of rotatable bonds is 7. The number of nitro benzene ring substituents is 1. The molecule has 0 spiro atoms. The number of nitro groups is 1. The topological polar surface area (TPSA) is 55.2 Å². The minimum absolute atomic E-state index is 0.177. The van der Waals surface area contributed by atoms with Crippen LogP contribution in [0.15, 0.2) is 24.3 Å². The van der Waals surface area contributed by atoms with Crippen molar-refractivity contribution < 1.29 is 4.92 Å². The van der Waals surface area contributed by atoms with E-state index in [1.165, 1.54) is 0 Å². The van der Waals surface area contributed by atoms with Crippen molar-refractivity contribution in [2.75, 3.05) is 6.54 Å². The Labute approximate surface area is 115 Å². The first-order valence-electron chi connectivity index (χ1n) is 6.92. The molecule has 1 rings (SSSR count). The summed E-state index contributed by atoms with van der Waals surface area (Å²) in [6.45, 7) is 9.64. The summed E-state index contributed by atoms with van der Waals surface area (Å²) < 4.78 is 0. The zero-order valence-electron chi connectivity index (χ0n) is 12.2. The highest BCUT2D eigenvalue weighted by Crippen LogP contribution is 2.23. The Bertz CT molecular complexity index is 418. The molecule has 1 N–H and O–H groups in total. The summed E-state index contributed by atoms with van der Waals surface area (Å²) in [6.07, 6.45) is 0.869. The minimum atomic E-state index is -0.332. The quantitative estimate of drug-likeness (QED) is 0.606. The normalized spacial score (nSPS) is 14.4. The molecule has 106 valence electrons. The van der Waals surface area contributed by atoms with E-state index in [2.05, 4.69) is 33.0 Å². The molecule has 19 heavy (non-hydrogen) atoms. The maximum atomic E-state index is 10.8. The molecule has 0 fully saturated rings. The Morgan fingerprint density at radius 2 is 2.00 bits per heavy atom. The van der Waals surface area contributed by atoms with Crippen LogP contribution in [0.3, 0.4) is 0 Å². The van der Waals surface area contributed by atoms with Crippen LogP contribution in [0.4, 0.5) is 5.69 Å². The van der Waals surface area contributed by atoms with Crippen LogP contribution < -0.4 is 5.32 Å². The maximum absolute atomic E-state index is 10.8. The van der Waals surface area contributed by atoms with Gasteiger partial charge in [-0.2, -0.15) is 0 Å². The number of benzene rings is 1. The fourth-order valence-electron chi connectivity index (χ4n) is 2.53. The van der Waals surface area contributed by atoms with Gasteiger partial charge in [0.25, 0.3) is 5.69 Å². The molecule has 0 radical (unpaired) electrons. The van der Waals surface area contributed by atoms with E-state index in [1.807, 2.05) is 6.07 Å². The number of hydrogen-bond donors (Lipinski definition) is 1. The summed E-state index contributed by atoms with van der Waals surface area (Å²) in [6, 6.07) is 7.38. The third kappa shape index (κ3) is 4.63. The summed E-state index contributed by atoms with van der Waals surface area (Å²) in [4.78, 5) is 10.5. The van der Waals surface area contributed by atoms with E-state index in [4.69, 9.17) is 0 Å². The van der Waals surface area contributed by atoms with E-state index in [-0.39, 0.29) is 10.6 Å². The van der Waals surface area contributed by atoms with E-state index < -0.39 is 0 Å². The van der Waals surface area contributed by atoms with Crippen LogP contribution in [0.2, 0.25) is 0 Å². The van der Waals surface area contributed by atoms with E-state index in [0.29, 0.717) is 17.9 Å². The second-order valence-corrected chi connectivity index (χ2v) is 5.39. The van der Waals surface area contributed by atoms with E-state index in [1.54, 1.807) is 18.2 Å². The molecule has 0 saturated heterocycles. The fraction of sp³-hybridized carbons (Fsp3) is 0.600. The van der Waals surface area contributed by atoms with Crippen molar-refractivity contribution >= 4 is 5.69 Å². The average Bonchev–Trinajstić information content (AvgIpc) is 2.36. The van der Waals surface area contributed by atoms with Gasteiger partial charge >= 0.3 is 0 Å². The van der Waals surface area contributed by atoms with Gasteiger partial charge in [0.2, 0.25) is 0 Å². The Kier molecular flexibility index (Phi) is 5.96. The predicted molar refractivity (Wildman–Crippen MR) is 78.3 cm³/mol. The Morgan fingerprint density at radius 3 is 2.53 bits per heavy atom. The number of hydrogen-bond acceptors (Lipinski definition) is 3. The Hall–Kier alpha value is -1.42. The summed E-state index contributed by atoms with van der Waals surface area (Å²) in [5, 5.41) is 14.3. The molecular weight excluding hydrogens is 240 g/mol. The van der Waals surface area contributed by atoms with Crippen molar-refractivity contribution in [2.45, 2.75) is 40.2 Å². The van der Waals surface area contributed by atoms with Crippen molar-refractivity contribution in [3.05, 3.63) is 39.9 Å². The molecule has 2 atom stereocenters. The van der Waals surface area contributed by atoms with Crippen LogP contribution in [-0.4, -0.2) is 17.5 Å². The highest BCUT2D eigenvalue weighted by Gasteiger charge is 2.21. The van der Waals surface area contributed by atoms with Crippen LogP contribution in [0.5, 0.6) is 0 Å². The van der Waals surface area contributed by atoms with E-state index >= 15 is 0 Å². The monoisotopic (exact) mass is 264 g/mol. The highest BCUT2D eigenvalue weighted by atomic mass is 16.6. The summed E-state index contributed by atoms with van der Waals surface area (Å²) >= 11 is 0. The molecule has 1 aromatic rings. The molecule has 0 heterocycles. The number of nitrogens with one attached hydrogen (secondary N) is 1. The van der Waals surface area contributed by atoms with Gasteiger partial charge in [0.1, 0.15) is 0 Å². The zero-order chi connectivity index (χ0) is 14.4. The van der Waals surface area contributed by atoms with Gasteiger partial charge in [-0.25, -0.2) is 0 Å². The highest BCUT2D eigenvalue weighted by molar-refractivity contribution is 5.34. The fourth-order valence-corrected chi connectivity index (χ4v) is 2.53. The molecule has 0 aliphatic rings. The summed E-state index contributed by atoms with van der Waals surface area (Å²) in [7, 11) is 0. The van der Waals surface area contributed by atoms with Gasteiger partial charge < -0.3 is 5.32 Å². The number of non-ortho nitro benzene ring substituents is 1. The van der Waals surface area contributed by atoms with Crippen molar-refractivity contribution in [3.8, 4) is 0 Å². The molecule has 0 amide bonds. The second kappa shape index (κ2) is 7.24. The Balaban J connectivity index is 2.84.